The van der Waals surface area contributed by atoms with Gasteiger partial charge in [-0.1, -0.05) is 35.9 Å². The minimum Gasteiger partial charge on any atom is -0.488 e. The Morgan fingerprint density at radius 1 is 1.31 bits per heavy atom. The van der Waals surface area contributed by atoms with Gasteiger partial charge in [-0.2, -0.15) is 0 Å². The molecule has 0 unspecified atom stereocenters. The van der Waals surface area contributed by atoms with Gasteiger partial charge in [0.1, 0.15) is 11.9 Å². The van der Waals surface area contributed by atoms with Crippen LogP contribution in [0, 0.1) is 0 Å². The summed E-state index contributed by atoms with van der Waals surface area (Å²) in [7, 11) is 0. The second kappa shape index (κ2) is 3.65. The van der Waals surface area contributed by atoms with E-state index in [4.69, 9.17) is 22.1 Å². The van der Waals surface area contributed by atoms with E-state index in [0.717, 1.165) is 28.0 Å². The van der Waals surface area contributed by atoms with Gasteiger partial charge < -0.3 is 10.5 Å². The van der Waals surface area contributed by atoms with Crippen molar-refractivity contribution >= 4 is 22.4 Å². The summed E-state index contributed by atoms with van der Waals surface area (Å²) in [6, 6.07) is 10.0. The molecule has 3 heteroatoms. The molecular weight excluding hydrogens is 222 g/mol. The van der Waals surface area contributed by atoms with Crippen LogP contribution in [0.15, 0.2) is 30.3 Å². The predicted molar refractivity (Wildman–Crippen MR) is 66.1 cm³/mol. The highest BCUT2D eigenvalue weighted by molar-refractivity contribution is 6.36. The summed E-state index contributed by atoms with van der Waals surface area (Å²) >= 11 is 6.24. The third kappa shape index (κ3) is 1.38. The van der Waals surface area contributed by atoms with Gasteiger partial charge in [-0.15, -0.1) is 0 Å². The standard InChI is InChI=1S/C13H12ClNO/c14-12-6-8-5-9(7-15)16-13(8)11-4-2-1-3-10(11)12/h1-4,6,9H,5,7,15H2/t9-/m1/s1. The zero-order chi connectivity index (χ0) is 11.1. The first-order chi connectivity index (χ1) is 7.79. The van der Waals surface area contributed by atoms with Crippen molar-refractivity contribution in [3.05, 3.63) is 40.9 Å². The van der Waals surface area contributed by atoms with Crippen LogP contribution in [0.25, 0.3) is 10.8 Å². The van der Waals surface area contributed by atoms with Crippen molar-refractivity contribution in [2.45, 2.75) is 12.5 Å². The Hall–Kier alpha value is -1.25. The van der Waals surface area contributed by atoms with Gasteiger partial charge in [0.25, 0.3) is 0 Å². The van der Waals surface area contributed by atoms with Crippen molar-refractivity contribution in [1.82, 2.24) is 0 Å². The molecule has 2 aromatic carbocycles. The average molecular weight is 234 g/mol. The van der Waals surface area contributed by atoms with Crippen molar-refractivity contribution in [2.75, 3.05) is 6.54 Å². The number of nitrogens with two attached hydrogens (primary N) is 1. The molecule has 2 N–H and O–H groups in total. The molecule has 3 rings (SSSR count). The van der Waals surface area contributed by atoms with Crippen molar-refractivity contribution in [1.29, 1.82) is 0 Å². The number of ether oxygens (including phenoxy) is 1. The summed E-state index contributed by atoms with van der Waals surface area (Å²) < 4.78 is 5.84. The van der Waals surface area contributed by atoms with Gasteiger partial charge >= 0.3 is 0 Å². The van der Waals surface area contributed by atoms with Crippen LogP contribution in [0.5, 0.6) is 5.75 Å². The number of hydrogen-bond acceptors (Lipinski definition) is 2. The van der Waals surface area contributed by atoms with Crippen LogP contribution in [0.2, 0.25) is 5.02 Å². The molecule has 1 heterocycles. The number of fused-ring (bicyclic) bond motifs is 3. The SMILES string of the molecule is NC[C@H]1Cc2cc(Cl)c3ccccc3c2O1. The van der Waals surface area contributed by atoms with Gasteiger partial charge in [0.2, 0.25) is 0 Å². The Balaban J connectivity index is 2.26. The second-order valence-electron chi connectivity index (χ2n) is 4.07. The van der Waals surface area contributed by atoms with E-state index < -0.39 is 0 Å². The van der Waals surface area contributed by atoms with Gasteiger partial charge in [-0.3, -0.25) is 0 Å². The summed E-state index contributed by atoms with van der Waals surface area (Å²) in [5.41, 5.74) is 6.80. The monoisotopic (exact) mass is 233 g/mol. The topological polar surface area (TPSA) is 35.2 Å². The number of benzene rings is 2. The maximum Gasteiger partial charge on any atom is 0.131 e. The van der Waals surface area contributed by atoms with E-state index in [9.17, 15) is 0 Å². The molecule has 0 bridgehead atoms. The first-order valence-corrected chi connectivity index (χ1v) is 5.74. The molecule has 0 radical (unpaired) electrons. The fourth-order valence-corrected chi connectivity index (χ4v) is 2.53. The Labute approximate surface area is 99.0 Å². The van der Waals surface area contributed by atoms with E-state index in [-0.39, 0.29) is 6.10 Å². The van der Waals surface area contributed by atoms with E-state index in [1.807, 2.05) is 30.3 Å². The molecule has 0 saturated carbocycles. The van der Waals surface area contributed by atoms with Gasteiger partial charge in [0.05, 0.1) is 0 Å². The van der Waals surface area contributed by atoms with E-state index in [1.165, 1.54) is 5.56 Å². The molecule has 0 fully saturated rings. The summed E-state index contributed by atoms with van der Waals surface area (Å²) in [6.45, 7) is 0.542. The minimum atomic E-state index is 0.0943. The lowest BCUT2D eigenvalue weighted by atomic mass is 10.0. The lowest BCUT2D eigenvalue weighted by Gasteiger charge is -2.09. The maximum absolute atomic E-state index is 6.24. The molecule has 1 atom stereocenters. The van der Waals surface area contributed by atoms with Crippen molar-refractivity contribution in [3.8, 4) is 5.75 Å². The fraction of sp³-hybridized carbons (Fsp3) is 0.231. The van der Waals surface area contributed by atoms with Crippen LogP contribution >= 0.6 is 11.6 Å². The summed E-state index contributed by atoms with van der Waals surface area (Å²) in [5.74, 6) is 0.954. The average Bonchev–Trinajstić information content (AvgIpc) is 2.72. The van der Waals surface area contributed by atoms with Crippen LogP contribution in [-0.4, -0.2) is 12.6 Å². The maximum atomic E-state index is 6.24. The summed E-state index contributed by atoms with van der Waals surface area (Å²) in [4.78, 5) is 0. The molecule has 0 saturated heterocycles. The third-order valence-corrected chi connectivity index (χ3v) is 3.33. The minimum absolute atomic E-state index is 0.0943. The lowest BCUT2D eigenvalue weighted by Crippen LogP contribution is -2.24. The smallest absolute Gasteiger partial charge is 0.131 e. The van der Waals surface area contributed by atoms with E-state index in [2.05, 4.69) is 0 Å². The zero-order valence-corrected chi connectivity index (χ0v) is 9.50. The third-order valence-electron chi connectivity index (χ3n) is 3.02. The summed E-state index contributed by atoms with van der Waals surface area (Å²) in [6.07, 6.45) is 0.952. The number of halogens is 1. The van der Waals surface area contributed by atoms with E-state index in [0.29, 0.717) is 6.54 Å². The van der Waals surface area contributed by atoms with Crippen LogP contribution < -0.4 is 10.5 Å². The highest BCUT2D eigenvalue weighted by atomic mass is 35.5. The van der Waals surface area contributed by atoms with E-state index in [1.54, 1.807) is 0 Å². The Bertz CT molecular complexity index is 553. The van der Waals surface area contributed by atoms with Crippen molar-refractivity contribution in [3.63, 3.8) is 0 Å². The molecule has 0 aromatic heterocycles. The first-order valence-electron chi connectivity index (χ1n) is 5.36. The second-order valence-corrected chi connectivity index (χ2v) is 4.48. The molecule has 1 aliphatic rings. The molecule has 1 aliphatic heterocycles. The largest absolute Gasteiger partial charge is 0.488 e. The predicted octanol–water partition coefficient (Wildman–Crippen LogP) is 2.76. The molecule has 2 nitrogen and oxygen atoms in total. The molecular formula is C13H12ClNO. The molecule has 16 heavy (non-hydrogen) atoms. The molecule has 0 spiro atoms. The zero-order valence-electron chi connectivity index (χ0n) is 8.74. The fourth-order valence-electron chi connectivity index (χ4n) is 2.23. The van der Waals surface area contributed by atoms with Gasteiger partial charge in [0, 0.05) is 34.3 Å². The van der Waals surface area contributed by atoms with Gasteiger partial charge in [-0.25, -0.2) is 0 Å². The van der Waals surface area contributed by atoms with E-state index >= 15 is 0 Å². The van der Waals surface area contributed by atoms with Crippen LogP contribution in [0.4, 0.5) is 0 Å². The first kappa shape index (κ1) is 9.94. The van der Waals surface area contributed by atoms with Crippen molar-refractivity contribution in [2.24, 2.45) is 5.73 Å². The molecule has 82 valence electrons. The van der Waals surface area contributed by atoms with Crippen LogP contribution in [-0.2, 0) is 6.42 Å². The Kier molecular flexibility index (Phi) is 2.27. The highest BCUT2D eigenvalue weighted by Gasteiger charge is 2.24. The Morgan fingerprint density at radius 3 is 2.81 bits per heavy atom. The van der Waals surface area contributed by atoms with Crippen LogP contribution in [0.1, 0.15) is 5.56 Å². The summed E-state index contributed by atoms with van der Waals surface area (Å²) in [5, 5.41) is 2.91. The molecule has 0 aliphatic carbocycles. The molecule has 2 aromatic rings. The van der Waals surface area contributed by atoms with Crippen molar-refractivity contribution < 1.29 is 4.74 Å². The van der Waals surface area contributed by atoms with Crippen LogP contribution in [0.3, 0.4) is 0 Å². The van der Waals surface area contributed by atoms with Gasteiger partial charge in [0.15, 0.2) is 0 Å². The normalized spacial score (nSPS) is 18.5. The highest BCUT2D eigenvalue weighted by Crippen LogP contribution is 2.39. The number of hydrogen-bond donors (Lipinski definition) is 1. The van der Waals surface area contributed by atoms with Gasteiger partial charge in [-0.05, 0) is 6.07 Å². The lowest BCUT2D eigenvalue weighted by molar-refractivity contribution is 0.244. The quantitative estimate of drug-likeness (QED) is 0.822. The Morgan fingerprint density at radius 2 is 2.06 bits per heavy atom. The molecule has 0 amide bonds. The number of rotatable bonds is 1.